The predicted molar refractivity (Wildman–Crippen MR) is 101 cm³/mol. The minimum Gasteiger partial charge on any atom is -0.338 e. The smallest absolute Gasteiger partial charge is 0.332 e. The van der Waals surface area contributed by atoms with Crippen LogP contribution in [-0.4, -0.2) is 14.9 Å². The fourth-order valence-electron chi connectivity index (χ4n) is 2.78. The molecule has 0 aliphatic rings. The van der Waals surface area contributed by atoms with E-state index < -0.39 is 22.8 Å². The van der Waals surface area contributed by atoms with Crippen molar-refractivity contribution in [1.29, 1.82) is 0 Å². The Morgan fingerprint density at radius 3 is 2.30 bits per heavy atom. The van der Waals surface area contributed by atoms with Gasteiger partial charge in [0, 0.05) is 19.7 Å². The second-order valence-electron chi connectivity index (χ2n) is 6.23. The molecule has 0 radical (unpaired) electrons. The largest absolute Gasteiger partial charge is 0.338 e. The number of ketones is 1. The van der Waals surface area contributed by atoms with E-state index in [1.54, 1.807) is 43.3 Å². The van der Waals surface area contributed by atoms with Crippen LogP contribution >= 0.6 is 0 Å². The first-order valence-electron chi connectivity index (χ1n) is 8.24. The van der Waals surface area contributed by atoms with Gasteiger partial charge in [-0.3, -0.25) is 18.7 Å². The van der Waals surface area contributed by atoms with Gasteiger partial charge in [0.25, 0.3) is 5.56 Å². The summed E-state index contributed by atoms with van der Waals surface area (Å²) in [7, 11) is 2.71. The van der Waals surface area contributed by atoms with Crippen molar-refractivity contribution < 1.29 is 9.18 Å². The Labute approximate surface area is 154 Å². The molecule has 0 amide bonds. The number of nitrogens with zero attached hydrogens (tertiary/aromatic N) is 2. The zero-order valence-corrected chi connectivity index (χ0v) is 15.1. The minimum atomic E-state index is -0.748. The number of halogens is 1. The van der Waals surface area contributed by atoms with Gasteiger partial charge in [-0.2, -0.15) is 0 Å². The number of benzene rings is 2. The van der Waals surface area contributed by atoms with Gasteiger partial charge in [-0.1, -0.05) is 36.4 Å². The third kappa shape index (κ3) is 3.31. The third-order valence-corrected chi connectivity index (χ3v) is 4.31. The molecule has 2 aromatic carbocycles. The van der Waals surface area contributed by atoms with Crippen molar-refractivity contribution in [2.75, 3.05) is 5.32 Å². The summed E-state index contributed by atoms with van der Waals surface area (Å²) in [4.78, 5) is 38.0. The highest BCUT2D eigenvalue weighted by Gasteiger charge is 2.23. The van der Waals surface area contributed by atoms with Gasteiger partial charge in [-0.15, -0.1) is 0 Å². The van der Waals surface area contributed by atoms with Gasteiger partial charge >= 0.3 is 5.69 Å². The number of aryl methyl sites for hydroxylation is 1. The van der Waals surface area contributed by atoms with Gasteiger partial charge in [0.15, 0.2) is 0 Å². The van der Waals surface area contributed by atoms with Crippen LogP contribution in [0.5, 0.6) is 0 Å². The molecule has 0 saturated carbocycles. The summed E-state index contributed by atoms with van der Waals surface area (Å²) < 4.78 is 16.3. The molecule has 1 N–H and O–H groups in total. The van der Waals surface area contributed by atoms with Crippen LogP contribution in [0.25, 0.3) is 0 Å². The van der Waals surface area contributed by atoms with Crippen molar-refractivity contribution in [3.63, 3.8) is 0 Å². The van der Waals surface area contributed by atoms with Crippen LogP contribution in [0.4, 0.5) is 15.9 Å². The number of rotatable bonds is 4. The van der Waals surface area contributed by atoms with E-state index in [1.165, 1.54) is 26.2 Å². The summed E-state index contributed by atoms with van der Waals surface area (Å²) in [6.07, 6.45) is 0. The molecule has 1 aromatic heterocycles. The minimum absolute atomic E-state index is 0.0558. The van der Waals surface area contributed by atoms with Crippen LogP contribution < -0.4 is 16.6 Å². The van der Waals surface area contributed by atoms with Crippen LogP contribution in [0.2, 0.25) is 0 Å². The molecule has 0 bridgehead atoms. The number of carbonyl (C=O) groups excluding carboxylic acids is 1. The standard InChI is InChI=1S/C20H18FN3O3/c1-12-9-10-15(14(21)11-12)22-18-16(17(25)13-7-5-4-6-8-13)19(26)24(3)20(27)23(18)2/h4-11,22H,1-3H3. The normalized spacial score (nSPS) is 10.7. The molecule has 0 aliphatic heterocycles. The maximum absolute atomic E-state index is 14.3. The van der Waals surface area contributed by atoms with Crippen LogP contribution in [-0.2, 0) is 14.1 Å². The van der Waals surface area contributed by atoms with Crippen molar-refractivity contribution in [2.45, 2.75) is 6.92 Å². The second-order valence-corrected chi connectivity index (χ2v) is 6.23. The lowest BCUT2D eigenvalue weighted by Gasteiger charge is -2.17. The Kier molecular flexibility index (Phi) is 4.77. The van der Waals surface area contributed by atoms with Gasteiger partial charge in [0.1, 0.15) is 17.2 Å². The zero-order chi connectivity index (χ0) is 19.7. The SMILES string of the molecule is Cc1ccc(Nc2c(C(=O)c3ccccc3)c(=O)n(C)c(=O)n2C)c(F)c1. The fraction of sp³-hybridized carbons (Fsp3) is 0.150. The van der Waals surface area contributed by atoms with Gasteiger partial charge < -0.3 is 5.32 Å². The first kappa shape index (κ1) is 18.3. The summed E-state index contributed by atoms with van der Waals surface area (Å²) in [5.74, 6) is -1.16. The zero-order valence-electron chi connectivity index (χ0n) is 15.1. The van der Waals surface area contributed by atoms with Crippen LogP contribution in [0.15, 0.2) is 58.1 Å². The highest BCUT2D eigenvalue weighted by atomic mass is 19.1. The maximum Gasteiger partial charge on any atom is 0.332 e. The molecular weight excluding hydrogens is 349 g/mol. The highest BCUT2D eigenvalue weighted by Crippen LogP contribution is 2.23. The maximum atomic E-state index is 14.3. The molecule has 1 heterocycles. The van der Waals surface area contributed by atoms with Gasteiger partial charge in [0.2, 0.25) is 5.78 Å². The van der Waals surface area contributed by atoms with Gasteiger partial charge in [0.05, 0.1) is 5.69 Å². The first-order chi connectivity index (χ1) is 12.8. The van der Waals surface area contributed by atoms with Crippen molar-refractivity contribution >= 4 is 17.3 Å². The molecule has 0 saturated heterocycles. The van der Waals surface area contributed by atoms with Gasteiger partial charge in [-0.05, 0) is 24.6 Å². The molecule has 0 atom stereocenters. The number of nitrogens with one attached hydrogen (secondary N) is 1. The summed E-state index contributed by atoms with van der Waals surface area (Å²) >= 11 is 0. The quantitative estimate of drug-likeness (QED) is 0.719. The fourth-order valence-corrected chi connectivity index (χ4v) is 2.78. The molecule has 27 heavy (non-hydrogen) atoms. The molecule has 6 nitrogen and oxygen atoms in total. The van der Waals surface area contributed by atoms with E-state index in [0.29, 0.717) is 5.56 Å². The molecule has 0 unspecified atom stereocenters. The number of hydrogen-bond donors (Lipinski definition) is 1. The van der Waals surface area contributed by atoms with Crippen LogP contribution in [0, 0.1) is 12.7 Å². The Balaban J connectivity index is 2.25. The van der Waals surface area contributed by atoms with Crippen molar-refractivity contribution in [3.8, 4) is 0 Å². The lowest BCUT2D eigenvalue weighted by molar-refractivity contribution is 0.103. The molecular formula is C20H18FN3O3. The monoisotopic (exact) mass is 367 g/mol. The molecule has 0 aliphatic carbocycles. The average molecular weight is 367 g/mol. The van der Waals surface area contributed by atoms with E-state index in [2.05, 4.69) is 5.32 Å². The summed E-state index contributed by atoms with van der Waals surface area (Å²) in [5.41, 5.74) is -0.532. The van der Waals surface area contributed by atoms with E-state index in [9.17, 15) is 18.8 Å². The number of hydrogen-bond acceptors (Lipinski definition) is 4. The predicted octanol–water partition coefficient (Wildman–Crippen LogP) is 2.51. The summed E-state index contributed by atoms with van der Waals surface area (Å²) in [5, 5.41) is 2.75. The molecule has 0 spiro atoms. The Hall–Kier alpha value is -3.48. The summed E-state index contributed by atoms with van der Waals surface area (Å²) in [6, 6.07) is 12.7. The van der Waals surface area contributed by atoms with Crippen molar-refractivity contribution in [1.82, 2.24) is 9.13 Å². The Bertz CT molecular complexity index is 1150. The molecule has 0 fully saturated rings. The topological polar surface area (TPSA) is 73.1 Å². The third-order valence-electron chi connectivity index (χ3n) is 4.31. The van der Waals surface area contributed by atoms with Crippen molar-refractivity contribution in [2.24, 2.45) is 14.1 Å². The number of anilines is 2. The molecule has 3 aromatic rings. The first-order valence-corrected chi connectivity index (χ1v) is 8.24. The lowest BCUT2D eigenvalue weighted by Crippen LogP contribution is -2.41. The number of aromatic nitrogens is 2. The van der Waals surface area contributed by atoms with E-state index in [0.717, 1.165) is 14.7 Å². The summed E-state index contributed by atoms with van der Waals surface area (Å²) in [6.45, 7) is 1.74. The van der Waals surface area contributed by atoms with Crippen LogP contribution in [0.3, 0.4) is 0 Å². The van der Waals surface area contributed by atoms with E-state index in [-0.39, 0.29) is 17.1 Å². The highest BCUT2D eigenvalue weighted by molar-refractivity contribution is 6.11. The van der Waals surface area contributed by atoms with E-state index >= 15 is 0 Å². The molecule has 138 valence electrons. The number of carbonyl (C=O) groups is 1. The van der Waals surface area contributed by atoms with E-state index in [1.807, 2.05) is 0 Å². The van der Waals surface area contributed by atoms with Crippen LogP contribution in [0.1, 0.15) is 21.5 Å². The second kappa shape index (κ2) is 7.03. The Morgan fingerprint density at radius 1 is 1.00 bits per heavy atom. The average Bonchev–Trinajstić information content (AvgIpc) is 2.66. The molecule has 3 rings (SSSR count). The van der Waals surface area contributed by atoms with Crippen molar-refractivity contribution in [3.05, 3.63) is 91.9 Å². The lowest BCUT2D eigenvalue weighted by atomic mass is 10.0. The van der Waals surface area contributed by atoms with Gasteiger partial charge in [-0.25, -0.2) is 9.18 Å². The van der Waals surface area contributed by atoms with E-state index in [4.69, 9.17) is 0 Å². The molecule has 7 heteroatoms. The Morgan fingerprint density at radius 2 is 1.67 bits per heavy atom.